The van der Waals surface area contributed by atoms with Crippen molar-refractivity contribution in [3.8, 4) is 0 Å². The number of hydrogen-bond donors (Lipinski definition) is 3. The van der Waals surface area contributed by atoms with Gasteiger partial charge in [0.15, 0.2) is 11.4 Å². The standard InChI is InChI=1S/C34H42N4O7S2/c1-34(11-12-34)19-38(47(41,42)23-9-10-26-29(15-23)46-32(36-26)35-22-7-8-22)16-28(39)27(13-20-5-3-2-4-6-20)37-33(40)45-30-21-14-24-25(30)18-44-31(24)43-17-21/h2-6,9-10,15,21-22,24-25,27-28,30-31,39H,7-8,11-14,16-19H2,1H3,(H,35,36)(H,37,40). The van der Waals surface area contributed by atoms with Crippen LogP contribution in [0.2, 0.25) is 0 Å². The molecule has 3 heterocycles. The molecule has 8 rings (SSSR count). The van der Waals surface area contributed by atoms with Gasteiger partial charge in [0.2, 0.25) is 10.0 Å². The number of sulfonamides is 1. The fraction of sp³-hybridized carbons (Fsp3) is 0.588. The van der Waals surface area contributed by atoms with E-state index >= 15 is 0 Å². The minimum absolute atomic E-state index is 0.0899. The molecule has 5 aliphatic rings. The van der Waals surface area contributed by atoms with Crippen LogP contribution in [0.1, 0.15) is 44.6 Å². The third kappa shape index (κ3) is 6.62. The van der Waals surface area contributed by atoms with Crippen molar-refractivity contribution in [1.82, 2.24) is 14.6 Å². The predicted octanol–water partition coefficient (Wildman–Crippen LogP) is 4.37. The third-order valence-corrected chi connectivity index (χ3v) is 13.3. The Labute approximate surface area is 279 Å². The number of aliphatic hydroxyl groups is 1. The van der Waals surface area contributed by atoms with Crippen LogP contribution < -0.4 is 10.6 Å². The van der Waals surface area contributed by atoms with Gasteiger partial charge in [0.05, 0.1) is 40.5 Å². The number of nitrogens with zero attached hydrogens (tertiary/aromatic N) is 2. The molecule has 2 aliphatic heterocycles. The van der Waals surface area contributed by atoms with Gasteiger partial charge in [-0.1, -0.05) is 48.6 Å². The van der Waals surface area contributed by atoms with Crippen LogP contribution in [-0.4, -0.2) is 85.8 Å². The Balaban J connectivity index is 1.02. The topological polar surface area (TPSA) is 139 Å². The van der Waals surface area contributed by atoms with Crippen LogP contribution in [0.25, 0.3) is 10.2 Å². The van der Waals surface area contributed by atoms with E-state index in [9.17, 15) is 18.3 Å². The molecule has 0 radical (unpaired) electrons. The first-order valence-electron chi connectivity index (χ1n) is 16.7. The number of rotatable bonds is 13. The number of alkyl carbamates (subject to hydrolysis) is 1. The molecule has 7 atom stereocenters. The maximum Gasteiger partial charge on any atom is 0.407 e. The van der Waals surface area contributed by atoms with Crippen LogP contribution >= 0.6 is 11.3 Å². The Hall–Kier alpha value is -2.81. The number of anilines is 1. The second-order valence-electron chi connectivity index (χ2n) is 14.4. The number of carbonyl (C=O) groups is 1. The zero-order valence-corrected chi connectivity index (χ0v) is 28.0. The van der Waals surface area contributed by atoms with E-state index in [1.54, 1.807) is 18.2 Å². The lowest BCUT2D eigenvalue weighted by Gasteiger charge is -2.32. The molecule has 3 aliphatic carbocycles. The summed E-state index contributed by atoms with van der Waals surface area (Å²) in [5.74, 6) is 0.432. The first kappa shape index (κ1) is 31.5. The number of thiazole rings is 1. The molecule has 3 N–H and O–H groups in total. The van der Waals surface area contributed by atoms with Gasteiger partial charge in [0, 0.05) is 36.9 Å². The number of ether oxygens (including phenoxy) is 3. The summed E-state index contributed by atoms with van der Waals surface area (Å²) in [6, 6.07) is 14.3. The number of benzene rings is 2. The van der Waals surface area contributed by atoms with Crippen molar-refractivity contribution in [1.29, 1.82) is 0 Å². The van der Waals surface area contributed by atoms with Gasteiger partial charge in [-0.25, -0.2) is 18.2 Å². The number of carbonyl (C=O) groups excluding carboxylic acids is 1. The van der Waals surface area contributed by atoms with Gasteiger partial charge in [-0.2, -0.15) is 4.31 Å². The molecule has 3 saturated carbocycles. The van der Waals surface area contributed by atoms with Crippen LogP contribution in [0.15, 0.2) is 53.4 Å². The first-order valence-corrected chi connectivity index (χ1v) is 19.0. The van der Waals surface area contributed by atoms with Gasteiger partial charge < -0.3 is 30.0 Å². The summed E-state index contributed by atoms with van der Waals surface area (Å²) in [5.41, 5.74) is 1.50. The van der Waals surface area contributed by atoms with Crippen LogP contribution in [0.5, 0.6) is 0 Å². The lowest BCUT2D eigenvalue weighted by molar-refractivity contribution is -0.169. The second kappa shape index (κ2) is 12.3. The van der Waals surface area contributed by atoms with Crippen molar-refractivity contribution in [2.75, 3.05) is 31.6 Å². The Kier molecular flexibility index (Phi) is 8.21. The van der Waals surface area contributed by atoms with E-state index < -0.39 is 28.3 Å². The van der Waals surface area contributed by atoms with Crippen molar-refractivity contribution < 1.29 is 32.5 Å². The van der Waals surface area contributed by atoms with Gasteiger partial charge in [0.25, 0.3) is 0 Å². The van der Waals surface area contributed by atoms with Crippen LogP contribution in [0.3, 0.4) is 0 Å². The van der Waals surface area contributed by atoms with E-state index in [1.807, 2.05) is 30.3 Å². The summed E-state index contributed by atoms with van der Waals surface area (Å²) >= 11 is 1.45. The van der Waals surface area contributed by atoms with Crippen molar-refractivity contribution in [2.24, 2.45) is 23.2 Å². The molecular formula is C34H42N4O7S2. The predicted molar refractivity (Wildman–Crippen MR) is 176 cm³/mol. The molecule has 0 spiro atoms. The van der Waals surface area contributed by atoms with Crippen LogP contribution in [0.4, 0.5) is 9.93 Å². The van der Waals surface area contributed by atoms with Crippen molar-refractivity contribution in [3.05, 3.63) is 54.1 Å². The number of hydrogen-bond acceptors (Lipinski definition) is 10. The molecule has 13 heteroatoms. The normalized spacial score (nSPS) is 28.7. The Bertz CT molecular complexity index is 1730. The fourth-order valence-electron chi connectivity index (χ4n) is 7.37. The fourth-order valence-corrected chi connectivity index (χ4v) is 10.1. The van der Waals surface area contributed by atoms with Gasteiger partial charge >= 0.3 is 6.09 Å². The molecule has 2 aromatic carbocycles. The zero-order chi connectivity index (χ0) is 32.3. The number of fused-ring (bicyclic) bond motifs is 2. The Morgan fingerprint density at radius 1 is 1.15 bits per heavy atom. The average Bonchev–Trinajstić information content (AvgIpc) is 3.89. The molecule has 1 aromatic heterocycles. The molecule has 1 amide bonds. The van der Waals surface area contributed by atoms with Crippen molar-refractivity contribution in [3.63, 3.8) is 0 Å². The summed E-state index contributed by atoms with van der Waals surface area (Å²) < 4.78 is 48.3. The number of amides is 1. The lowest BCUT2D eigenvalue weighted by Crippen LogP contribution is -2.52. The Morgan fingerprint density at radius 2 is 1.94 bits per heavy atom. The first-order chi connectivity index (χ1) is 22.6. The van der Waals surface area contributed by atoms with Gasteiger partial charge in [-0.05, 0) is 67.7 Å². The second-order valence-corrected chi connectivity index (χ2v) is 17.4. The average molecular weight is 683 g/mol. The number of aromatic nitrogens is 1. The summed E-state index contributed by atoms with van der Waals surface area (Å²) in [7, 11) is -3.99. The SMILES string of the molecule is CC1(CN(CC(O)C(Cc2ccccc2)NC(=O)OC2C3COC4OCC2C4C3)S(=O)(=O)c2ccc3nc(NC4CC4)sc3c2)CC1. The molecule has 11 nitrogen and oxygen atoms in total. The highest BCUT2D eigenvalue weighted by molar-refractivity contribution is 7.89. The van der Waals surface area contributed by atoms with Crippen molar-refractivity contribution >= 4 is 42.8 Å². The smallest absolute Gasteiger partial charge is 0.407 e. The minimum Gasteiger partial charge on any atom is -0.445 e. The molecule has 5 fully saturated rings. The van der Waals surface area contributed by atoms with E-state index in [4.69, 9.17) is 14.2 Å². The summed E-state index contributed by atoms with van der Waals surface area (Å²) in [4.78, 5) is 18.2. The van der Waals surface area contributed by atoms with Crippen molar-refractivity contribution in [2.45, 2.75) is 80.9 Å². The highest BCUT2D eigenvalue weighted by Gasteiger charge is 2.56. The molecule has 7 unspecified atom stereocenters. The van der Waals surface area contributed by atoms with E-state index in [0.29, 0.717) is 25.7 Å². The van der Waals surface area contributed by atoms with Crippen LogP contribution in [-0.2, 0) is 30.7 Å². The molecule has 2 bridgehead atoms. The van der Waals surface area contributed by atoms with Gasteiger partial charge in [-0.3, -0.25) is 0 Å². The zero-order valence-electron chi connectivity index (χ0n) is 26.4. The van der Waals surface area contributed by atoms with E-state index in [-0.39, 0.29) is 53.5 Å². The summed E-state index contributed by atoms with van der Waals surface area (Å²) in [6.45, 7) is 3.16. The molecule has 2 saturated heterocycles. The van der Waals surface area contributed by atoms with Crippen LogP contribution in [0, 0.1) is 23.2 Å². The highest BCUT2D eigenvalue weighted by Crippen LogP contribution is 2.49. The van der Waals surface area contributed by atoms with E-state index in [0.717, 1.165) is 53.0 Å². The largest absolute Gasteiger partial charge is 0.445 e. The maximum absolute atomic E-state index is 14.3. The lowest BCUT2D eigenvalue weighted by atomic mass is 9.98. The van der Waals surface area contributed by atoms with Gasteiger partial charge in [0.1, 0.15) is 6.10 Å². The van der Waals surface area contributed by atoms with Gasteiger partial charge in [-0.15, -0.1) is 0 Å². The summed E-state index contributed by atoms with van der Waals surface area (Å²) in [6.07, 6.45) is 2.90. The molecule has 252 valence electrons. The molecular weight excluding hydrogens is 641 g/mol. The number of nitrogens with one attached hydrogen (secondary N) is 2. The summed E-state index contributed by atoms with van der Waals surface area (Å²) in [5, 5.41) is 18.9. The quantitative estimate of drug-likeness (QED) is 0.240. The maximum atomic E-state index is 14.3. The Morgan fingerprint density at radius 3 is 2.70 bits per heavy atom. The van der Waals surface area contributed by atoms with E-state index in [1.165, 1.54) is 15.6 Å². The molecule has 3 aromatic rings. The molecule has 47 heavy (non-hydrogen) atoms. The minimum atomic E-state index is -3.99. The monoisotopic (exact) mass is 682 g/mol. The highest BCUT2D eigenvalue weighted by atomic mass is 32.2. The third-order valence-electron chi connectivity index (χ3n) is 10.6. The van der Waals surface area contributed by atoms with E-state index in [2.05, 4.69) is 22.5 Å². The number of aliphatic hydroxyl groups excluding tert-OH is 1.